The van der Waals surface area contributed by atoms with E-state index in [1.165, 1.54) is 11.8 Å². The number of nitrogens with zero attached hydrogens (tertiary/aromatic N) is 1. The van der Waals surface area contributed by atoms with Gasteiger partial charge in [-0.3, -0.25) is 0 Å². The Kier molecular flexibility index (Phi) is 3.03. The van der Waals surface area contributed by atoms with Gasteiger partial charge >= 0.3 is 0 Å². The van der Waals surface area contributed by atoms with Gasteiger partial charge in [0.2, 0.25) is 0 Å². The summed E-state index contributed by atoms with van der Waals surface area (Å²) in [6.07, 6.45) is 1.85. The number of thioether (sulfide) groups is 1. The van der Waals surface area contributed by atoms with E-state index in [0.717, 1.165) is 12.2 Å². The zero-order valence-electron chi connectivity index (χ0n) is 7.83. The third-order valence-corrected chi connectivity index (χ3v) is 2.44. The fraction of sp³-hybridized carbons (Fsp3) is 0.889. The first-order chi connectivity index (χ1) is 5.53. The Morgan fingerprint density at radius 3 is 2.58 bits per heavy atom. The van der Waals surface area contributed by atoms with Crippen LogP contribution in [0.2, 0.25) is 0 Å². The predicted octanol–water partition coefficient (Wildman–Crippen LogP) is 2.40. The van der Waals surface area contributed by atoms with Gasteiger partial charge in [0.1, 0.15) is 5.40 Å². The third-order valence-electron chi connectivity index (χ3n) is 1.81. The molecule has 68 valence electrons. The minimum absolute atomic E-state index is 0.342. The minimum atomic E-state index is 0.342. The smallest absolute Gasteiger partial charge is 0.133 e. The Morgan fingerprint density at radius 2 is 2.08 bits per heavy atom. The second-order valence-electron chi connectivity index (χ2n) is 4.38. The maximum Gasteiger partial charge on any atom is 0.133 e. The van der Waals surface area contributed by atoms with Gasteiger partial charge in [0, 0.05) is 5.75 Å². The summed E-state index contributed by atoms with van der Waals surface area (Å²) in [6, 6.07) is 0. The van der Waals surface area contributed by atoms with Gasteiger partial charge in [-0.15, -0.1) is 0 Å². The zero-order chi connectivity index (χ0) is 9.19. The molecule has 1 fully saturated rings. The van der Waals surface area contributed by atoms with Crippen LogP contribution in [0, 0.1) is 16.1 Å². The molecule has 0 amide bonds. The SMILES string of the molecule is CC(C)(C)C[C@@H]1O[C@H]1CSC#N. The van der Waals surface area contributed by atoms with Crippen LogP contribution in [-0.4, -0.2) is 18.0 Å². The lowest BCUT2D eigenvalue weighted by atomic mass is 9.90. The Balaban J connectivity index is 2.13. The number of nitriles is 1. The Morgan fingerprint density at radius 1 is 1.42 bits per heavy atom. The molecule has 0 unspecified atom stereocenters. The molecule has 0 radical (unpaired) electrons. The lowest BCUT2D eigenvalue weighted by Gasteiger charge is -2.15. The molecule has 0 aromatic heterocycles. The number of ether oxygens (including phenoxy) is 1. The van der Waals surface area contributed by atoms with E-state index >= 15 is 0 Å². The van der Waals surface area contributed by atoms with Crippen LogP contribution in [0.25, 0.3) is 0 Å². The molecule has 0 aromatic carbocycles. The first kappa shape index (κ1) is 9.88. The molecule has 0 spiro atoms. The molecule has 0 saturated carbocycles. The van der Waals surface area contributed by atoms with Crippen LogP contribution >= 0.6 is 11.8 Å². The molecule has 1 heterocycles. The number of hydrogen-bond acceptors (Lipinski definition) is 3. The largest absolute Gasteiger partial charge is 0.369 e. The molecular formula is C9H15NOS. The monoisotopic (exact) mass is 185 g/mol. The molecule has 12 heavy (non-hydrogen) atoms. The molecular weight excluding hydrogens is 170 g/mol. The van der Waals surface area contributed by atoms with Crippen LogP contribution in [0.15, 0.2) is 0 Å². The maximum absolute atomic E-state index is 8.32. The number of hydrogen-bond donors (Lipinski definition) is 0. The summed E-state index contributed by atoms with van der Waals surface area (Å²) in [6.45, 7) is 6.63. The molecule has 0 aliphatic carbocycles. The van der Waals surface area contributed by atoms with Gasteiger partial charge < -0.3 is 4.74 Å². The Hall–Kier alpha value is -0.200. The van der Waals surface area contributed by atoms with E-state index in [-0.39, 0.29) is 0 Å². The molecule has 2 nitrogen and oxygen atoms in total. The van der Waals surface area contributed by atoms with Crippen LogP contribution in [0.4, 0.5) is 0 Å². The van der Waals surface area contributed by atoms with Crippen molar-refractivity contribution in [3.8, 4) is 5.40 Å². The maximum atomic E-state index is 8.32. The molecule has 1 aliphatic heterocycles. The van der Waals surface area contributed by atoms with Crippen LogP contribution in [0.5, 0.6) is 0 Å². The zero-order valence-corrected chi connectivity index (χ0v) is 8.65. The van der Waals surface area contributed by atoms with Crippen molar-refractivity contribution in [1.29, 1.82) is 5.26 Å². The van der Waals surface area contributed by atoms with Gasteiger partial charge in [-0.25, -0.2) is 0 Å². The molecule has 2 atom stereocenters. The third kappa shape index (κ3) is 3.46. The Labute approximate surface area is 78.3 Å². The van der Waals surface area contributed by atoms with Crippen molar-refractivity contribution in [2.45, 2.75) is 39.4 Å². The van der Waals surface area contributed by atoms with Crippen molar-refractivity contribution in [3.05, 3.63) is 0 Å². The average molecular weight is 185 g/mol. The lowest BCUT2D eigenvalue weighted by molar-refractivity contribution is 0.295. The van der Waals surface area contributed by atoms with Crippen LogP contribution in [-0.2, 0) is 4.74 Å². The van der Waals surface area contributed by atoms with Gasteiger partial charge in [0.25, 0.3) is 0 Å². The summed E-state index contributed by atoms with van der Waals surface area (Å²) in [5, 5.41) is 10.4. The highest BCUT2D eigenvalue weighted by Gasteiger charge is 2.40. The topological polar surface area (TPSA) is 36.3 Å². The molecule has 3 heteroatoms. The van der Waals surface area contributed by atoms with Gasteiger partial charge in [0.15, 0.2) is 0 Å². The second kappa shape index (κ2) is 3.68. The van der Waals surface area contributed by atoms with Crippen LogP contribution < -0.4 is 0 Å². The van der Waals surface area contributed by atoms with E-state index in [1.54, 1.807) is 0 Å². The highest BCUT2D eigenvalue weighted by atomic mass is 32.2. The van der Waals surface area contributed by atoms with Gasteiger partial charge in [-0.05, 0) is 23.6 Å². The average Bonchev–Trinajstić information content (AvgIpc) is 2.60. The van der Waals surface area contributed by atoms with E-state index in [9.17, 15) is 0 Å². The van der Waals surface area contributed by atoms with Gasteiger partial charge in [0.05, 0.1) is 12.2 Å². The summed E-state index contributed by atoms with van der Waals surface area (Å²) in [7, 11) is 0. The van der Waals surface area contributed by atoms with E-state index in [1.807, 2.05) is 0 Å². The molecule has 0 aromatic rings. The quantitative estimate of drug-likeness (QED) is 0.500. The fourth-order valence-electron chi connectivity index (χ4n) is 1.23. The van der Waals surface area contributed by atoms with Gasteiger partial charge in [-0.2, -0.15) is 5.26 Å². The van der Waals surface area contributed by atoms with E-state index in [4.69, 9.17) is 10.00 Å². The molecule has 0 N–H and O–H groups in total. The van der Waals surface area contributed by atoms with Crippen molar-refractivity contribution >= 4 is 11.8 Å². The molecule has 1 saturated heterocycles. The van der Waals surface area contributed by atoms with E-state index in [2.05, 4.69) is 26.2 Å². The summed E-state index contributed by atoms with van der Waals surface area (Å²) < 4.78 is 5.42. The van der Waals surface area contributed by atoms with Crippen molar-refractivity contribution in [1.82, 2.24) is 0 Å². The Bertz CT molecular complexity index is 192. The highest BCUT2D eigenvalue weighted by molar-refractivity contribution is 8.03. The first-order valence-corrected chi connectivity index (χ1v) is 5.18. The summed E-state index contributed by atoms with van der Waals surface area (Å²) in [5.41, 5.74) is 0.344. The highest BCUT2D eigenvalue weighted by Crippen LogP contribution is 2.35. The normalized spacial score (nSPS) is 28.2. The standard InChI is InChI=1S/C9H15NOS/c1-9(2,3)4-7-8(11-7)5-12-6-10/h7-8H,4-5H2,1-3H3/t7-,8-/m0/s1. The van der Waals surface area contributed by atoms with Gasteiger partial charge in [-0.1, -0.05) is 20.8 Å². The van der Waals surface area contributed by atoms with Crippen LogP contribution in [0.1, 0.15) is 27.2 Å². The van der Waals surface area contributed by atoms with E-state index in [0.29, 0.717) is 17.6 Å². The molecule has 0 bridgehead atoms. The van der Waals surface area contributed by atoms with Crippen molar-refractivity contribution in [2.75, 3.05) is 5.75 Å². The number of epoxide rings is 1. The first-order valence-electron chi connectivity index (χ1n) is 4.19. The lowest BCUT2D eigenvalue weighted by Crippen LogP contribution is -2.10. The van der Waals surface area contributed by atoms with E-state index < -0.39 is 0 Å². The van der Waals surface area contributed by atoms with Crippen molar-refractivity contribution in [2.24, 2.45) is 5.41 Å². The fourth-order valence-corrected chi connectivity index (χ4v) is 1.76. The van der Waals surface area contributed by atoms with Crippen molar-refractivity contribution in [3.63, 3.8) is 0 Å². The minimum Gasteiger partial charge on any atom is -0.369 e. The number of rotatable bonds is 3. The summed E-state index contributed by atoms with van der Waals surface area (Å²) >= 11 is 1.29. The summed E-state index contributed by atoms with van der Waals surface area (Å²) in [5.74, 6) is 0.831. The summed E-state index contributed by atoms with van der Waals surface area (Å²) in [4.78, 5) is 0. The predicted molar refractivity (Wildman–Crippen MR) is 50.8 cm³/mol. The van der Waals surface area contributed by atoms with Crippen molar-refractivity contribution < 1.29 is 4.74 Å². The molecule has 1 rings (SSSR count). The second-order valence-corrected chi connectivity index (χ2v) is 5.18. The molecule has 1 aliphatic rings. The van der Waals surface area contributed by atoms with Crippen LogP contribution in [0.3, 0.4) is 0 Å². The number of thiocyanates is 1.